The number of alkyl halides is 3. The highest BCUT2D eigenvalue weighted by Crippen LogP contribution is 2.39. The molecule has 4 aromatic rings. The maximum Gasteiger partial charge on any atom is 0.420 e. The van der Waals surface area contributed by atoms with Crippen molar-refractivity contribution in [3.05, 3.63) is 95.5 Å². The highest BCUT2D eigenvalue weighted by atomic mass is 19.4. The molecule has 2 aromatic heterocycles. The molecule has 9 heteroatoms. The smallest absolute Gasteiger partial charge is 0.420 e. The average Bonchev–Trinajstić information content (AvgIpc) is 3.28. The van der Waals surface area contributed by atoms with Crippen molar-refractivity contribution in [1.29, 1.82) is 0 Å². The van der Waals surface area contributed by atoms with E-state index in [0.717, 1.165) is 11.6 Å². The molecule has 0 saturated carbocycles. The number of amides is 1. The van der Waals surface area contributed by atoms with Gasteiger partial charge in [0.25, 0.3) is 0 Å². The van der Waals surface area contributed by atoms with Gasteiger partial charge in [-0.15, -0.1) is 0 Å². The van der Waals surface area contributed by atoms with Gasteiger partial charge in [0.2, 0.25) is 5.91 Å². The van der Waals surface area contributed by atoms with Gasteiger partial charge in [0.15, 0.2) is 0 Å². The summed E-state index contributed by atoms with van der Waals surface area (Å²) in [6, 6.07) is 13.6. The van der Waals surface area contributed by atoms with Crippen LogP contribution in [-0.2, 0) is 22.3 Å². The molecule has 0 aliphatic heterocycles. The van der Waals surface area contributed by atoms with E-state index in [1.165, 1.54) is 31.4 Å². The number of aromatic nitrogens is 1. The minimum absolute atomic E-state index is 0.0919. The number of pyridine rings is 1. The van der Waals surface area contributed by atoms with Gasteiger partial charge in [0.05, 0.1) is 24.8 Å². The molecule has 0 bridgehead atoms. The molecule has 0 spiro atoms. The van der Waals surface area contributed by atoms with Crippen molar-refractivity contribution in [2.75, 3.05) is 7.11 Å². The third-order valence-corrected chi connectivity index (χ3v) is 5.16. The molecule has 178 valence electrons. The Bertz CT molecular complexity index is 1390. The number of hydrogen-bond acceptors (Lipinski definition) is 5. The molecule has 1 amide bonds. The van der Waals surface area contributed by atoms with Crippen LogP contribution < -0.4 is 5.32 Å². The molecule has 0 fully saturated rings. The number of methoxy groups -OCH3 is 1. The number of furan rings is 1. The topological polar surface area (TPSA) is 81.4 Å². The second-order valence-electron chi connectivity index (χ2n) is 7.56. The zero-order chi connectivity index (χ0) is 25.0. The number of halogens is 3. The van der Waals surface area contributed by atoms with Crippen LogP contribution in [0.2, 0.25) is 0 Å². The predicted octanol–water partition coefficient (Wildman–Crippen LogP) is 5.63. The van der Waals surface area contributed by atoms with Crippen LogP contribution in [-0.4, -0.2) is 24.0 Å². The van der Waals surface area contributed by atoms with Gasteiger partial charge in [0.1, 0.15) is 11.3 Å². The molecular formula is C26H19F3N2O4. The van der Waals surface area contributed by atoms with Crippen molar-refractivity contribution in [3.63, 3.8) is 0 Å². The Morgan fingerprint density at radius 2 is 1.86 bits per heavy atom. The summed E-state index contributed by atoms with van der Waals surface area (Å²) in [5, 5.41) is 2.83. The summed E-state index contributed by atoms with van der Waals surface area (Å²) in [6.07, 6.45) is 1.40. The van der Waals surface area contributed by atoms with Crippen molar-refractivity contribution < 1.29 is 31.9 Å². The Hall–Kier alpha value is -4.40. The number of benzene rings is 2. The third kappa shape index (κ3) is 5.57. The molecule has 0 atom stereocenters. The minimum Gasteiger partial charge on any atom is -0.465 e. The highest BCUT2D eigenvalue weighted by Gasteiger charge is 2.35. The van der Waals surface area contributed by atoms with Gasteiger partial charge in [0, 0.05) is 23.9 Å². The molecule has 6 nitrogen and oxygen atoms in total. The van der Waals surface area contributed by atoms with Crippen LogP contribution in [0.1, 0.15) is 27.2 Å². The fourth-order valence-electron chi connectivity index (χ4n) is 3.47. The van der Waals surface area contributed by atoms with E-state index in [0.29, 0.717) is 11.1 Å². The van der Waals surface area contributed by atoms with E-state index in [9.17, 15) is 22.8 Å². The van der Waals surface area contributed by atoms with E-state index in [4.69, 9.17) is 4.42 Å². The van der Waals surface area contributed by atoms with Crippen LogP contribution in [0.25, 0.3) is 28.2 Å². The zero-order valence-corrected chi connectivity index (χ0v) is 18.4. The van der Waals surface area contributed by atoms with E-state index in [1.807, 2.05) is 0 Å². The lowest BCUT2D eigenvalue weighted by atomic mass is 9.99. The van der Waals surface area contributed by atoms with Crippen LogP contribution in [0.3, 0.4) is 0 Å². The average molecular weight is 480 g/mol. The number of nitrogens with one attached hydrogen (secondary N) is 1. The molecule has 35 heavy (non-hydrogen) atoms. The summed E-state index contributed by atoms with van der Waals surface area (Å²) in [5.41, 5.74) is 0.554. The molecule has 2 aromatic carbocycles. The molecule has 2 heterocycles. The van der Waals surface area contributed by atoms with Crippen LogP contribution in [0.5, 0.6) is 0 Å². The van der Waals surface area contributed by atoms with Gasteiger partial charge in [-0.3, -0.25) is 9.78 Å². The number of hydrogen-bond donors (Lipinski definition) is 1. The second kappa shape index (κ2) is 9.84. The van der Waals surface area contributed by atoms with Crippen LogP contribution in [0.15, 0.2) is 77.5 Å². The molecule has 1 N–H and O–H groups in total. The van der Waals surface area contributed by atoms with E-state index < -0.39 is 23.6 Å². The molecule has 0 saturated heterocycles. The molecule has 0 radical (unpaired) electrons. The normalized spacial score (nSPS) is 11.7. The highest BCUT2D eigenvalue weighted by molar-refractivity contribution is 5.92. The predicted molar refractivity (Wildman–Crippen MR) is 123 cm³/mol. The summed E-state index contributed by atoms with van der Waals surface area (Å²) in [7, 11) is 1.25. The number of rotatable bonds is 6. The fraction of sp³-hybridized carbons (Fsp3) is 0.115. The monoisotopic (exact) mass is 480 g/mol. The van der Waals surface area contributed by atoms with Crippen LogP contribution in [0, 0.1) is 0 Å². The van der Waals surface area contributed by atoms with Gasteiger partial charge < -0.3 is 14.5 Å². The number of nitrogens with zero attached hydrogens (tertiary/aromatic N) is 1. The van der Waals surface area contributed by atoms with Crippen LogP contribution >= 0.6 is 0 Å². The number of carbonyl (C=O) groups is 2. The first-order valence-electron chi connectivity index (χ1n) is 10.4. The summed E-state index contributed by atoms with van der Waals surface area (Å²) in [4.78, 5) is 27.7. The Balaban J connectivity index is 1.59. The Kier molecular flexibility index (Phi) is 6.68. The molecule has 4 rings (SSSR count). The van der Waals surface area contributed by atoms with Crippen molar-refractivity contribution >= 4 is 28.9 Å². The van der Waals surface area contributed by atoms with Crippen molar-refractivity contribution in [3.8, 4) is 11.1 Å². The van der Waals surface area contributed by atoms with Gasteiger partial charge in [-0.25, -0.2) is 4.79 Å². The number of esters is 1. The quantitative estimate of drug-likeness (QED) is 0.286. The van der Waals surface area contributed by atoms with Crippen molar-refractivity contribution in [2.24, 2.45) is 0 Å². The SMILES string of the molecule is COC(=O)c1ccc(-c2cc(C(F)(F)F)c3oc(CNC(=O)/C=C/c4cccnc4)cc3c2)cc1. The first-order chi connectivity index (χ1) is 16.7. The van der Waals surface area contributed by atoms with Gasteiger partial charge in [-0.2, -0.15) is 13.2 Å². The maximum absolute atomic E-state index is 13.8. The summed E-state index contributed by atoms with van der Waals surface area (Å²) in [5.74, 6) is -0.802. The lowest BCUT2D eigenvalue weighted by molar-refractivity contribution is -0.136. The number of ether oxygens (including phenoxy) is 1. The Labute approximate surface area is 198 Å². The van der Waals surface area contributed by atoms with E-state index in [2.05, 4.69) is 15.0 Å². The first kappa shape index (κ1) is 23.7. The van der Waals surface area contributed by atoms with Crippen molar-refractivity contribution in [1.82, 2.24) is 10.3 Å². The molecule has 0 unspecified atom stereocenters. The number of fused-ring (bicyclic) bond motifs is 1. The van der Waals surface area contributed by atoms with Crippen molar-refractivity contribution in [2.45, 2.75) is 12.7 Å². The Morgan fingerprint density at radius 3 is 2.51 bits per heavy atom. The first-order valence-corrected chi connectivity index (χ1v) is 10.4. The van der Waals surface area contributed by atoms with E-state index in [1.54, 1.807) is 48.8 Å². The van der Waals surface area contributed by atoms with Gasteiger partial charge in [-0.05, 0) is 59.2 Å². The van der Waals surface area contributed by atoms with Gasteiger partial charge in [-0.1, -0.05) is 18.2 Å². The van der Waals surface area contributed by atoms with Gasteiger partial charge >= 0.3 is 12.1 Å². The molecule has 0 aliphatic carbocycles. The molecular weight excluding hydrogens is 461 g/mol. The number of carbonyl (C=O) groups excluding carboxylic acids is 2. The Morgan fingerprint density at radius 1 is 1.09 bits per heavy atom. The minimum atomic E-state index is -4.66. The largest absolute Gasteiger partial charge is 0.465 e. The summed E-state index contributed by atoms with van der Waals surface area (Å²) >= 11 is 0. The lowest BCUT2D eigenvalue weighted by Gasteiger charge is -2.10. The maximum atomic E-state index is 13.8. The third-order valence-electron chi connectivity index (χ3n) is 5.16. The van der Waals surface area contributed by atoms with E-state index >= 15 is 0 Å². The summed E-state index contributed by atoms with van der Waals surface area (Å²) < 4.78 is 51.5. The standard InChI is InChI=1S/C26H19F3N2O4/c1-34-25(33)18-7-5-17(6-8-18)19-11-20-12-21(35-24(20)22(13-19)26(27,28)29)15-31-23(32)9-4-16-3-2-10-30-14-16/h2-14H,15H2,1H3,(H,31,32)/b9-4+. The second-order valence-corrected chi connectivity index (χ2v) is 7.56. The molecule has 0 aliphatic rings. The zero-order valence-electron chi connectivity index (χ0n) is 18.4. The van der Waals surface area contributed by atoms with Crippen LogP contribution in [0.4, 0.5) is 13.2 Å². The van der Waals surface area contributed by atoms with E-state index in [-0.39, 0.29) is 28.8 Å². The lowest BCUT2D eigenvalue weighted by Crippen LogP contribution is -2.19. The fourth-order valence-corrected chi connectivity index (χ4v) is 3.47. The summed E-state index contributed by atoms with van der Waals surface area (Å²) in [6.45, 7) is -0.0919.